The minimum Gasteiger partial charge on any atom is -0.368 e. The van der Waals surface area contributed by atoms with Crippen LogP contribution < -0.4 is 5.73 Å². The van der Waals surface area contributed by atoms with Crippen LogP contribution in [0.2, 0.25) is 0 Å². The third kappa shape index (κ3) is 4.33. The summed E-state index contributed by atoms with van der Waals surface area (Å²) >= 11 is 0. The number of carbonyl (C=O) groups excluding carboxylic acids is 1. The number of hydrogen-bond acceptors (Lipinski definition) is 3. The van der Waals surface area contributed by atoms with Crippen LogP contribution in [0.5, 0.6) is 0 Å². The van der Waals surface area contributed by atoms with E-state index >= 15 is 0 Å². The Morgan fingerprint density at radius 3 is 2.71 bits per heavy atom. The van der Waals surface area contributed by atoms with Gasteiger partial charge in [0.15, 0.2) is 0 Å². The Balaban J connectivity index is 1.40. The molecule has 2 fully saturated rings. The molecule has 0 saturated carbocycles. The molecule has 1 amide bonds. The number of aryl methyl sites for hydroxylation is 1. The molecular formula is C19H28FN3O. The number of nitrogens with zero attached hydrogens (tertiary/aromatic N) is 2. The predicted octanol–water partition coefficient (Wildman–Crippen LogP) is 2.17. The second-order valence-corrected chi connectivity index (χ2v) is 7.10. The molecule has 0 aliphatic carbocycles. The van der Waals surface area contributed by atoms with Crippen LogP contribution >= 0.6 is 0 Å². The number of piperidine rings is 1. The lowest BCUT2D eigenvalue weighted by Crippen LogP contribution is -2.50. The lowest BCUT2D eigenvalue weighted by Gasteiger charge is -2.38. The molecule has 0 radical (unpaired) electrons. The fourth-order valence-corrected chi connectivity index (χ4v) is 4.21. The van der Waals surface area contributed by atoms with Gasteiger partial charge in [0.1, 0.15) is 5.82 Å². The maximum atomic E-state index is 13.2. The first-order valence-corrected chi connectivity index (χ1v) is 9.15. The molecule has 0 aromatic heterocycles. The fourth-order valence-electron chi connectivity index (χ4n) is 4.21. The summed E-state index contributed by atoms with van der Waals surface area (Å²) in [5.74, 6) is -0.312. The van der Waals surface area contributed by atoms with E-state index in [1.54, 1.807) is 12.1 Å². The highest BCUT2D eigenvalue weighted by molar-refractivity contribution is 5.80. The van der Waals surface area contributed by atoms with Crippen molar-refractivity contribution < 1.29 is 9.18 Å². The number of likely N-dealkylation sites (tertiary alicyclic amines) is 2. The zero-order valence-corrected chi connectivity index (χ0v) is 14.3. The molecule has 1 atom stereocenters. The van der Waals surface area contributed by atoms with E-state index in [2.05, 4.69) is 9.80 Å². The Kier molecular flexibility index (Phi) is 5.85. The normalized spacial score (nSPS) is 23.6. The van der Waals surface area contributed by atoms with Crippen LogP contribution in [0.3, 0.4) is 0 Å². The van der Waals surface area contributed by atoms with Gasteiger partial charge < -0.3 is 10.6 Å². The molecule has 2 heterocycles. The minimum atomic E-state index is -0.162. The quantitative estimate of drug-likeness (QED) is 0.868. The molecule has 2 N–H and O–H groups in total. The summed E-state index contributed by atoms with van der Waals surface area (Å²) in [5, 5.41) is 0. The first-order chi connectivity index (χ1) is 11.6. The van der Waals surface area contributed by atoms with Gasteiger partial charge in [-0.05, 0) is 82.4 Å². The van der Waals surface area contributed by atoms with Gasteiger partial charge in [0.2, 0.25) is 5.91 Å². The fraction of sp³-hybridized carbons (Fsp3) is 0.632. The van der Waals surface area contributed by atoms with Crippen molar-refractivity contribution in [2.75, 3.05) is 26.2 Å². The average molecular weight is 333 g/mol. The molecule has 3 rings (SSSR count). The first kappa shape index (κ1) is 17.4. The van der Waals surface area contributed by atoms with Gasteiger partial charge in [-0.15, -0.1) is 0 Å². The smallest absolute Gasteiger partial charge is 0.234 e. The van der Waals surface area contributed by atoms with Gasteiger partial charge in [-0.2, -0.15) is 0 Å². The van der Waals surface area contributed by atoms with Gasteiger partial charge in [0.05, 0.1) is 6.04 Å². The number of carbonyl (C=O) groups is 1. The van der Waals surface area contributed by atoms with E-state index in [0.717, 1.165) is 70.3 Å². The number of primary amides is 1. The van der Waals surface area contributed by atoms with Gasteiger partial charge in [0, 0.05) is 6.04 Å². The van der Waals surface area contributed by atoms with Crippen LogP contribution in [-0.4, -0.2) is 54.0 Å². The van der Waals surface area contributed by atoms with E-state index < -0.39 is 0 Å². The number of hydrogen-bond donors (Lipinski definition) is 1. The molecule has 2 saturated heterocycles. The number of nitrogens with two attached hydrogens (primary N) is 1. The van der Waals surface area contributed by atoms with Gasteiger partial charge >= 0.3 is 0 Å². The van der Waals surface area contributed by atoms with Crippen molar-refractivity contribution in [1.29, 1.82) is 0 Å². The van der Waals surface area contributed by atoms with Crippen molar-refractivity contribution in [3.63, 3.8) is 0 Å². The third-order valence-electron chi connectivity index (χ3n) is 5.48. The van der Waals surface area contributed by atoms with Gasteiger partial charge in [-0.3, -0.25) is 9.69 Å². The van der Waals surface area contributed by atoms with E-state index in [1.165, 1.54) is 6.07 Å². The van der Waals surface area contributed by atoms with Crippen LogP contribution in [0, 0.1) is 5.82 Å². The second-order valence-electron chi connectivity index (χ2n) is 7.10. The summed E-state index contributed by atoms with van der Waals surface area (Å²) in [4.78, 5) is 16.4. The molecule has 1 aromatic carbocycles. The van der Waals surface area contributed by atoms with Crippen molar-refractivity contribution in [2.45, 2.75) is 50.6 Å². The Hall–Kier alpha value is -1.46. The SMILES string of the molecule is NC(=O)[C@@H]1CCCN1C1CCN(CCCc2cccc(F)c2)CC1. The van der Waals surface area contributed by atoms with Crippen molar-refractivity contribution >= 4 is 5.91 Å². The molecule has 0 spiro atoms. The largest absolute Gasteiger partial charge is 0.368 e. The van der Waals surface area contributed by atoms with E-state index in [0.29, 0.717) is 6.04 Å². The Bertz CT molecular complexity index is 557. The maximum absolute atomic E-state index is 13.2. The predicted molar refractivity (Wildman–Crippen MR) is 93.1 cm³/mol. The Morgan fingerprint density at radius 1 is 1.21 bits per heavy atom. The number of rotatable bonds is 6. The van der Waals surface area contributed by atoms with Gasteiger partial charge in [-0.25, -0.2) is 4.39 Å². The lowest BCUT2D eigenvalue weighted by molar-refractivity contribution is -0.123. The number of halogens is 1. The molecule has 4 nitrogen and oxygen atoms in total. The molecule has 132 valence electrons. The third-order valence-corrected chi connectivity index (χ3v) is 5.48. The van der Waals surface area contributed by atoms with Gasteiger partial charge in [0.25, 0.3) is 0 Å². The van der Waals surface area contributed by atoms with Crippen LogP contribution in [0.25, 0.3) is 0 Å². The summed E-state index contributed by atoms with van der Waals surface area (Å²) < 4.78 is 13.2. The summed E-state index contributed by atoms with van der Waals surface area (Å²) in [6.07, 6.45) is 6.22. The number of amides is 1. The van der Waals surface area contributed by atoms with Crippen molar-refractivity contribution in [3.05, 3.63) is 35.6 Å². The van der Waals surface area contributed by atoms with Crippen LogP contribution in [-0.2, 0) is 11.2 Å². The molecule has 0 bridgehead atoms. The van der Waals surface area contributed by atoms with E-state index in [1.807, 2.05) is 6.07 Å². The zero-order chi connectivity index (χ0) is 16.9. The second kappa shape index (κ2) is 8.08. The summed E-state index contributed by atoms with van der Waals surface area (Å²) in [6, 6.07) is 7.35. The zero-order valence-electron chi connectivity index (χ0n) is 14.3. The molecular weight excluding hydrogens is 305 g/mol. The van der Waals surface area contributed by atoms with Crippen LogP contribution in [0.4, 0.5) is 4.39 Å². The Morgan fingerprint density at radius 2 is 2.00 bits per heavy atom. The van der Waals surface area contributed by atoms with E-state index in [9.17, 15) is 9.18 Å². The number of benzene rings is 1. The molecule has 24 heavy (non-hydrogen) atoms. The van der Waals surface area contributed by atoms with Crippen molar-refractivity contribution in [1.82, 2.24) is 9.80 Å². The first-order valence-electron chi connectivity index (χ1n) is 9.15. The van der Waals surface area contributed by atoms with Crippen molar-refractivity contribution in [3.8, 4) is 0 Å². The summed E-state index contributed by atoms with van der Waals surface area (Å²) in [7, 11) is 0. The van der Waals surface area contributed by atoms with Gasteiger partial charge in [-0.1, -0.05) is 12.1 Å². The highest BCUT2D eigenvalue weighted by atomic mass is 19.1. The highest BCUT2D eigenvalue weighted by Gasteiger charge is 2.35. The highest BCUT2D eigenvalue weighted by Crippen LogP contribution is 2.26. The monoisotopic (exact) mass is 333 g/mol. The molecule has 2 aliphatic rings. The molecule has 1 aromatic rings. The van der Waals surface area contributed by atoms with Crippen LogP contribution in [0.15, 0.2) is 24.3 Å². The topological polar surface area (TPSA) is 49.6 Å². The molecule has 2 aliphatic heterocycles. The standard InChI is InChI=1S/C19H28FN3O/c20-16-6-1-4-15(14-16)5-2-10-22-12-8-17(9-13-22)23-11-3-7-18(23)19(21)24/h1,4,6,14,17-18H,2-3,5,7-13H2,(H2,21,24)/t18-/m0/s1. The molecule has 5 heteroatoms. The van der Waals surface area contributed by atoms with E-state index in [-0.39, 0.29) is 17.8 Å². The summed E-state index contributed by atoms with van der Waals surface area (Å²) in [6.45, 7) is 4.23. The Labute approximate surface area is 143 Å². The van der Waals surface area contributed by atoms with Crippen LogP contribution in [0.1, 0.15) is 37.7 Å². The lowest BCUT2D eigenvalue weighted by atomic mass is 10.0. The average Bonchev–Trinajstić information content (AvgIpc) is 3.05. The summed E-state index contributed by atoms with van der Waals surface area (Å²) in [5.41, 5.74) is 6.61. The van der Waals surface area contributed by atoms with E-state index in [4.69, 9.17) is 5.73 Å². The minimum absolute atomic E-state index is 0.0467. The maximum Gasteiger partial charge on any atom is 0.234 e. The van der Waals surface area contributed by atoms with Crippen molar-refractivity contribution in [2.24, 2.45) is 5.73 Å². The molecule has 0 unspecified atom stereocenters.